The lowest BCUT2D eigenvalue weighted by Crippen LogP contribution is -2.62. The molecule has 1 aromatic carbocycles. The summed E-state index contributed by atoms with van der Waals surface area (Å²) in [5, 5.41) is 80.3. The normalized spacial score (nSPS) is 14.5. The Kier molecular flexibility index (Phi) is 40.8. The van der Waals surface area contributed by atoms with Gasteiger partial charge >= 0.3 is 5.97 Å². The van der Waals surface area contributed by atoms with Gasteiger partial charge in [-0.25, -0.2) is 0 Å². The molecule has 89 heavy (non-hydrogen) atoms. The van der Waals surface area contributed by atoms with Crippen molar-refractivity contribution in [3.05, 3.63) is 35.9 Å². The molecule has 0 radical (unpaired) electrons. The minimum absolute atomic E-state index is 0.0233. The van der Waals surface area contributed by atoms with Crippen LogP contribution in [0.3, 0.4) is 0 Å². The maximum Gasteiger partial charge on any atom is 0.303 e. The first-order chi connectivity index (χ1) is 42.3. The van der Waals surface area contributed by atoms with Crippen molar-refractivity contribution in [2.45, 2.75) is 236 Å². The van der Waals surface area contributed by atoms with Crippen molar-refractivity contribution in [1.82, 2.24) is 53.2 Å². The number of aliphatic hydroxyl groups excluding tert-OH is 3. The fraction of sp³-hybridized carbons (Fsp3) is 0.700. The molecule has 0 aliphatic rings. The highest BCUT2D eigenvalue weighted by Gasteiger charge is 2.36. The van der Waals surface area contributed by atoms with Crippen LogP contribution in [0.4, 0.5) is 0 Å². The van der Waals surface area contributed by atoms with Crippen LogP contribution >= 0.6 is 0 Å². The number of Topliss-reactive ketones (excluding diaryl/α,β-unsaturated/α-hetero) is 1. The van der Waals surface area contributed by atoms with Gasteiger partial charge in [0, 0.05) is 25.9 Å². The molecule has 0 bridgehead atoms. The van der Waals surface area contributed by atoms with Gasteiger partial charge in [-0.05, 0) is 63.9 Å². The van der Waals surface area contributed by atoms with Crippen LogP contribution in [-0.2, 0) is 54.4 Å². The number of hydrogen-bond donors (Lipinski definition) is 19. The van der Waals surface area contributed by atoms with Crippen LogP contribution in [0.1, 0.15) is 175 Å². The van der Waals surface area contributed by atoms with Crippen molar-refractivity contribution < 1.29 is 68.4 Å². The number of nitrogens with one attached hydrogen (secondary N) is 12. The first-order valence-electron chi connectivity index (χ1n) is 31.3. The molecule has 29 heteroatoms. The molecule has 0 fully saturated rings. The van der Waals surface area contributed by atoms with Gasteiger partial charge in [0.25, 0.3) is 0 Å². The Labute approximate surface area is 523 Å². The number of unbranched alkanes of at least 4 members (excludes halogenated alkanes) is 13. The average molecular weight is 1260 g/mol. The van der Waals surface area contributed by atoms with E-state index in [4.69, 9.17) is 33.1 Å². The molecule has 504 valence electrons. The van der Waals surface area contributed by atoms with E-state index in [1.807, 2.05) is 0 Å². The fourth-order valence-electron chi connectivity index (χ4n) is 9.44. The number of hydrogen-bond acceptors (Lipinski definition) is 16. The van der Waals surface area contributed by atoms with Crippen LogP contribution < -0.4 is 70.4 Å². The van der Waals surface area contributed by atoms with E-state index in [0.717, 1.165) is 32.6 Å². The second-order valence-electron chi connectivity index (χ2n) is 22.9. The lowest BCUT2D eigenvalue weighted by molar-refractivity contribution is -0.138. The quantitative estimate of drug-likeness (QED) is 0.0218. The standard InChI is InChI=1S/C60H105N15O14/c1-6-7-8-9-10-11-12-13-14-15-16-17-18-22-27-41(61)51(82)75-50(39(5)79)58(89)74-49(37(2)3)57(88)71-45(34-40-25-20-19-21-26-40)54(85)69-44(29-24-33-67-60(64)65)53(84)72-47(36-77)56(87)73-46(35-76)55(86)70-43(28-23-32-66-59(62)63)52(83)68-42(38(4)78)30-31-48(80)81/h19-21,25-26,37,39,41-47,49-50,76-77,79H,6-18,22-24,27-36,61H2,1-5H3,(H,68,83)(H,69,85)(H,70,86)(H,71,88)(H,72,84)(H,73,87)(H,74,89)(H,75,82)(H,80,81)(H4,62,63,66)(H4,64,65,67)/t39-,41?,42+,43+,44+,45+,46+,47+,49+,50+/m1/s1. The van der Waals surface area contributed by atoms with E-state index in [0.29, 0.717) is 18.4 Å². The van der Waals surface area contributed by atoms with Crippen LogP contribution in [0.15, 0.2) is 30.3 Å². The number of rotatable bonds is 49. The van der Waals surface area contributed by atoms with Crippen molar-refractivity contribution in [2.75, 3.05) is 26.3 Å². The zero-order valence-corrected chi connectivity index (χ0v) is 52.7. The maximum absolute atomic E-state index is 14.5. The van der Waals surface area contributed by atoms with Gasteiger partial charge in [-0.3, -0.25) is 58.8 Å². The number of aliphatic carboxylic acids is 1. The molecule has 0 saturated carbocycles. The van der Waals surface area contributed by atoms with Crippen LogP contribution in [0.25, 0.3) is 0 Å². The predicted octanol–water partition coefficient (Wildman–Crippen LogP) is -0.692. The Bertz CT molecular complexity index is 2370. The maximum atomic E-state index is 14.5. The zero-order valence-electron chi connectivity index (χ0n) is 52.7. The summed E-state index contributed by atoms with van der Waals surface area (Å²) in [6.45, 7) is 5.78. The summed E-state index contributed by atoms with van der Waals surface area (Å²) in [7, 11) is 0. The number of carbonyl (C=O) groups is 10. The van der Waals surface area contributed by atoms with E-state index in [9.17, 15) is 63.3 Å². The number of amides is 8. The molecule has 0 aromatic heterocycles. The smallest absolute Gasteiger partial charge is 0.303 e. The Morgan fingerprint density at radius 2 is 0.854 bits per heavy atom. The molecule has 10 atom stereocenters. The SMILES string of the molecule is CCCCCCCCCCCCCCCCC(N)C(=O)N[C@H](C(=O)N[C@H](C(=O)N[C@@H](Cc1ccccc1)C(=O)N[C@@H](CCCNC(=N)N)C(=O)N[C@@H](CO)C(=O)N[C@@H](CO)C(=O)N[C@@H](CCCNC(=N)N)C(=O)N[C@@H](CCC(=O)O)C(C)=O)C(C)C)[C@@H](C)O. The zero-order chi connectivity index (χ0) is 66.8. The number of carboxylic acid groups (broad SMARTS) is 1. The van der Waals surface area contributed by atoms with Crippen LogP contribution in [0.5, 0.6) is 0 Å². The van der Waals surface area contributed by atoms with Crippen LogP contribution in [0, 0.1) is 16.7 Å². The van der Waals surface area contributed by atoms with Gasteiger partial charge in [0.15, 0.2) is 17.7 Å². The molecule has 1 unspecified atom stereocenters. The first-order valence-corrected chi connectivity index (χ1v) is 31.3. The summed E-state index contributed by atoms with van der Waals surface area (Å²) < 4.78 is 0. The predicted molar refractivity (Wildman–Crippen MR) is 335 cm³/mol. The summed E-state index contributed by atoms with van der Waals surface area (Å²) in [6, 6.07) is -4.77. The number of guanidine groups is 2. The molecule has 8 amide bonds. The second kappa shape index (κ2) is 45.7. The minimum atomic E-state index is -1.85. The Hall–Kier alpha value is -7.50. The number of ketones is 1. The highest BCUT2D eigenvalue weighted by Crippen LogP contribution is 2.15. The number of nitrogens with two attached hydrogens (primary N) is 3. The molecule has 0 aliphatic carbocycles. The van der Waals surface area contributed by atoms with Crippen LogP contribution in [-0.4, -0.2) is 178 Å². The van der Waals surface area contributed by atoms with Gasteiger partial charge in [-0.1, -0.05) is 141 Å². The summed E-state index contributed by atoms with van der Waals surface area (Å²) in [4.78, 5) is 134. The summed E-state index contributed by atoms with van der Waals surface area (Å²) in [6.07, 6.45) is 14.1. The highest BCUT2D eigenvalue weighted by atomic mass is 16.4. The third kappa shape index (κ3) is 34.7. The number of aliphatic hydroxyl groups is 3. The third-order valence-corrected chi connectivity index (χ3v) is 14.8. The fourth-order valence-corrected chi connectivity index (χ4v) is 9.44. The largest absolute Gasteiger partial charge is 0.481 e. The van der Waals surface area contributed by atoms with Crippen LogP contribution in [0.2, 0.25) is 0 Å². The van der Waals surface area contributed by atoms with E-state index in [1.165, 1.54) is 64.7 Å². The Morgan fingerprint density at radius 1 is 0.472 bits per heavy atom. The number of benzene rings is 1. The average Bonchev–Trinajstić information content (AvgIpc) is 3.69. The lowest BCUT2D eigenvalue weighted by atomic mass is 9.99. The van der Waals surface area contributed by atoms with Gasteiger partial charge in [-0.2, -0.15) is 0 Å². The molecule has 0 spiro atoms. The third-order valence-electron chi connectivity index (χ3n) is 14.8. The highest BCUT2D eigenvalue weighted by molar-refractivity contribution is 5.98. The van der Waals surface area contributed by atoms with E-state index >= 15 is 0 Å². The molecular weight excluding hydrogens is 1150 g/mol. The molecule has 0 heterocycles. The Balaban J connectivity index is 3.28. The van der Waals surface area contributed by atoms with Crippen molar-refractivity contribution in [3.8, 4) is 0 Å². The van der Waals surface area contributed by atoms with Crippen molar-refractivity contribution in [2.24, 2.45) is 23.1 Å². The van der Waals surface area contributed by atoms with Gasteiger partial charge in [-0.15, -0.1) is 0 Å². The monoisotopic (exact) mass is 1260 g/mol. The molecule has 1 rings (SSSR count). The summed E-state index contributed by atoms with van der Waals surface area (Å²) in [5.41, 5.74) is 17.6. The van der Waals surface area contributed by atoms with Crippen molar-refractivity contribution >= 4 is 70.9 Å². The topological polar surface area (TPSA) is 498 Å². The molecule has 0 saturated heterocycles. The van der Waals surface area contributed by atoms with E-state index in [2.05, 4.69) is 60.1 Å². The van der Waals surface area contributed by atoms with Crippen molar-refractivity contribution in [1.29, 1.82) is 10.8 Å². The molecular formula is C60H105N15O14. The minimum Gasteiger partial charge on any atom is -0.481 e. The molecule has 0 aliphatic heterocycles. The second-order valence-corrected chi connectivity index (χ2v) is 22.9. The van der Waals surface area contributed by atoms with E-state index in [-0.39, 0.29) is 57.6 Å². The number of carboxylic acids is 1. The summed E-state index contributed by atoms with van der Waals surface area (Å²) in [5.74, 6) is -10.9. The molecule has 1 aromatic rings. The van der Waals surface area contributed by atoms with Gasteiger partial charge in [0.2, 0.25) is 47.3 Å². The first kappa shape index (κ1) is 79.5. The molecule has 22 N–H and O–H groups in total. The van der Waals surface area contributed by atoms with E-state index in [1.54, 1.807) is 44.2 Å². The lowest BCUT2D eigenvalue weighted by Gasteiger charge is -2.29. The molecule has 29 nitrogen and oxygen atoms in total. The Morgan fingerprint density at radius 3 is 1.26 bits per heavy atom. The van der Waals surface area contributed by atoms with E-state index < -0.39 is 151 Å². The van der Waals surface area contributed by atoms with Gasteiger partial charge in [0.05, 0.1) is 31.4 Å². The number of carbonyl (C=O) groups excluding carboxylic acids is 9. The van der Waals surface area contributed by atoms with Crippen molar-refractivity contribution in [3.63, 3.8) is 0 Å². The summed E-state index contributed by atoms with van der Waals surface area (Å²) >= 11 is 0. The van der Waals surface area contributed by atoms with Gasteiger partial charge < -0.3 is 90.8 Å². The van der Waals surface area contributed by atoms with Gasteiger partial charge in [0.1, 0.15) is 42.3 Å².